The minimum atomic E-state index is -1.20. The van der Waals surface area contributed by atoms with Crippen molar-refractivity contribution in [2.45, 2.75) is 54.5 Å². The number of carbonyl (C=O) groups excluding carboxylic acids is 3. The molecule has 0 radical (unpaired) electrons. The molecule has 3 N–H and O–H groups in total. The number of halogens is 1. The number of carbonyl (C=O) groups is 3. The summed E-state index contributed by atoms with van der Waals surface area (Å²) in [6.07, 6.45) is 0.211. The zero-order valence-corrected chi connectivity index (χ0v) is 24.7. The van der Waals surface area contributed by atoms with Gasteiger partial charge in [0.1, 0.15) is 11.6 Å². The largest absolute Gasteiger partial charge is 0.394 e. The van der Waals surface area contributed by atoms with Gasteiger partial charge in [-0.05, 0) is 29.5 Å². The van der Waals surface area contributed by atoms with Crippen molar-refractivity contribution in [3.63, 3.8) is 0 Å². The van der Waals surface area contributed by atoms with Crippen LogP contribution in [0.1, 0.15) is 23.1 Å². The van der Waals surface area contributed by atoms with E-state index in [2.05, 4.69) is 26.6 Å². The molecule has 3 aliphatic rings. The Morgan fingerprint density at radius 1 is 0.881 bits per heavy atom. The van der Waals surface area contributed by atoms with Crippen molar-refractivity contribution in [2.75, 3.05) is 6.61 Å². The first-order valence-corrected chi connectivity index (χ1v) is 15.3. The van der Waals surface area contributed by atoms with Crippen LogP contribution in [-0.2, 0) is 38.6 Å². The van der Waals surface area contributed by atoms with Crippen molar-refractivity contribution < 1.29 is 24.2 Å². The highest BCUT2D eigenvalue weighted by Gasteiger charge is 2.77. The second kappa shape index (κ2) is 12.0. The Balaban J connectivity index is 1.33. The van der Waals surface area contributed by atoms with Crippen molar-refractivity contribution in [3.8, 4) is 0 Å². The van der Waals surface area contributed by atoms with E-state index in [1.165, 1.54) is 4.90 Å². The number of rotatable bonds is 10. The number of ether oxygens (including phenoxy) is 1. The lowest BCUT2D eigenvalue weighted by molar-refractivity contribution is -0.145. The average Bonchev–Trinajstić information content (AvgIpc) is 3.62. The van der Waals surface area contributed by atoms with Crippen molar-refractivity contribution in [1.29, 1.82) is 0 Å². The highest BCUT2D eigenvalue weighted by Crippen LogP contribution is 2.60. The number of likely N-dealkylation sites (tertiary alicyclic amines) is 1. The van der Waals surface area contributed by atoms with Crippen LogP contribution in [0.2, 0.25) is 0 Å². The van der Waals surface area contributed by atoms with Gasteiger partial charge < -0.3 is 25.4 Å². The maximum absolute atomic E-state index is 14.4. The molecule has 6 rings (SSSR count). The molecule has 0 aromatic heterocycles. The van der Waals surface area contributed by atoms with Crippen LogP contribution in [0.3, 0.4) is 0 Å². The summed E-state index contributed by atoms with van der Waals surface area (Å²) in [6.45, 7) is 0.267. The molecular weight excluding hydrogens is 598 g/mol. The van der Waals surface area contributed by atoms with E-state index in [0.717, 1.165) is 16.7 Å². The fourth-order valence-electron chi connectivity index (χ4n) is 6.98. The van der Waals surface area contributed by atoms with Crippen molar-refractivity contribution >= 4 is 33.7 Å². The fraction of sp³-hybridized carbons (Fsp3) is 0.364. The molecule has 3 saturated heterocycles. The Bertz CT molecular complexity index is 1430. The molecule has 9 heteroatoms. The molecular formula is C33H34BrN3O5. The molecule has 3 aliphatic heterocycles. The van der Waals surface area contributed by atoms with E-state index in [4.69, 9.17) is 4.74 Å². The van der Waals surface area contributed by atoms with E-state index in [-0.39, 0.29) is 35.7 Å². The van der Waals surface area contributed by atoms with Gasteiger partial charge in [-0.15, -0.1) is 0 Å². The van der Waals surface area contributed by atoms with Gasteiger partial charge in [0, 0.05) is 17.9 Å². The van der Waals surface area contributed by atoms with E-state index in [1.54, 1.807) is 0 Å². The Labute approximate surface area is 253 Å². The molecule has 8 nitrogen and oxygen atoms in total. The van der Waals surface area contributed by atoms with Gasteiger partial charge in [-0.3, -0.25) is 14.4 Å². The number of alkyl halides is 1. The van der Waals surface area contributed by atoms with E-state index in [1.807, 2.05) is 91.0 Å². The molecule has 218 valence electrons. The summed E-state index contributed by atoms with van der Waals surface area (Å²) in [5, 5.41) is 16.6. The smallest absolute Gasteiger partial charge is 0.246 e. The number of hydrogen-bond acceptors (Lipinski definition) is 5. The highest BCUT2D eigenvalue weighted by atomic mass is 79.9. The molecule has 1 spiro atoms. The molecule has 3 fully saturated rings. The number of nitrogens with one attached hydrogen (secondary N) is 2. The van der Waals surface area contributed by atoms with E-state index in [0.29, 0.717) is 19.4 Å². The van der Waals surface area contributed by atoms with Crippen LogP contribution in [-0.4, -0.2) is 63.0 Å². The minimum absolute atomic E-state index is 0.208. The third-order valence-corrected chi connectivity index (χ3v) is 9.66. The third kappa shape index (κ3) is 5.14. The van der Waals surface area contributed by atoms with Crippen LogP contribution in [0.4, 0.5) is 0 Å². The Hall–Kier alpha value is -3.53. The molecule has 3 aromatic rings. The second-order valence-electron chi connectivity index (χ2n) is 11.3. The number of aliphatic hydroxyl groups excluding tert-OH is 1. The molecule has 3 amide bonds. The molecule has 0 aliphatic carbocycles. The zero-order chi connectivity index (χ0) is 29.3. The van der Waals surface area contributed by atoms with Crippen LogP contribution in [0.15, 0.2) is 91.0 Å². The number of amides is 3. The van der Waals surface area contributed by atoms with Crippen LogP contribution in [0.5, 0.6) is 0 Å². The third-order valence-electron chi connectivity index (χ3n) is 8.82. The molecule has 3 aromatic carbocycles. The SMILES string of the molecule is O=C(NCc1ccccc1)C1N([C@@H](CO)Cc2ccccc2)C(=O)[C@@H]2[C@H](C(=O)NCc3ccccc3)[C@H]3OC12CC3Br. The maximum atomic E-state index is 14.4. The van der Waals surface area contributed by atoms with Gasteiger partial charge in [-0.2, -0.15) is 0 Å². The second-order valence-corrected chi connectivity index (χ2v) is 12.5. The van der Waals surface area contributed by atoms with Gasteiger partial charge in [0.15, 0.2) is 0 Å². The standard InChI is InChI=1S/C33H34BrN3O5/c34-25-17-33-27(26(28(25)42-33)30(39)35-18-22-12-6-2-7-13-22)32(41)37(24(20-38)16-21-10-4-1-5-11-21)29(33)31(40)36-19-23-14-8-3-9-15-23/h1-15,24-29,38H,16-20H2,(H,35,39)(H,36,40)/t24-,25?,26+,27+,28+,29?,33?/m1/s1. The van der Waals surface area contributed by atoms with E-state index in [9.17, 15) is 19.5 Å². The van der Waals surface area contributed by atoms with Gasteiger partial charge in [0.05, 0.1) is 30.6 Å². The summed E-state index contributed by atoms with van der Waals surface area (Å²) in [6, 6.07) is 27.0. The summed E-state index contributed by atoms with van der Waals surface area (Å²) >= 11 is 3.72. The van der Waals surface area contributed by atoms with Gasteiger partial charge >= 0.3 is 0 Å². The minimum Gasteiger partial charge on any atom is -0.394 e. The van der Waals surface area contributed by atoms with Gasteiger partial charge in [-0.1, -0.05) is 107 Å². The van der Waals surface area contributed by atoms with Crippen LogP contribution >= 0.6 is 15.9 Å². The number of benzene rings is 3. The number of hydrogen-bond donors (Lipinski definition) is 3. The Morgan fingerprint density at radius 2 is 1.40 bits per heavy atom. The van der Waals surface area contributed by atoms with E-state index < -0.39 is 35.6 Å². The molecule has 42 heavy (non-hydrogen) atoms. The Kier molecular flexibility index (Phi) is 8.16. The van der Waals surface area contributed by atoms with Gasteiger partial charge in [0.25, 0.3) is 0 Å². The number of fused-ring (bicyclic) bond motifs is 1. The van der Waals surface area contributed by atoms with Crippen LogP contribution in [0, 0.1) is 11.8 Å². The van der Waals surface area contributed by atoms with Crippen LogP contribution < -0.4 is 10.6 Å². The number of aliphatic hydroxyl groups is 1. The van der Waals surface area contributed by atoms with Crippen molar-refractivity contribution in [1.82, 2.24) is 15.5 Å². The first kappa shape index (κ1) is 28.6. The molecule has 3 unspecified atom stereocenters. The highest BCUT2D eigenvalue weighted by molar-refractivity contribution is 9.09. The zero-order valence-electron chi connectivity index (χ0n) is 23.1. The summed E-state index contributed by atoms with van der Waals surface area (Å²) in [5.74, 6) is -2.57. The first-order valence-electron chi connectivity index (χ1n) is 14.3. The van der Waals surface area contributed by atoms with Gasteiger partial charge in [-0.25, -0.2) is 0 Å². The molecule has 2 bridgehead atoms. The lowest BCUT2D eigenvalue weighted by atomic mass is 9.70. The first-order chi connectivity index (χ1) is 20.4. The van der Waals surface area contributed by atoms with Crippen molar-refractivity contribution in [3.05, 3.63) is 108 Å². The molecule has 7 atom stereocenters. The summed E-state index contributed by atoms with van der Waals surface area (Å²) in [5.41, 5.74) is 1.60. The summed E-state index contributed by atoms with van der Waals surface area (Å²) < 4.78 is 6.60. The predicted molar refractivity (Wildman–Crippen MR) is 160 cm³/mol. The quantitative estimate of drug-likeness (QED) is 0.298. The molecule has 3 heterocycles. The lowest BCUT2D eigenvalue weighted by Crippen LogP contribution is -2.58. The van der Waals surface area contributed by atoms with Crippen molar-refractivity contribution in [2.24, 2.45) is 11.8 Å². The van der Waals surface area contributed by atoms with Crippen LogP contribution in [0.25, 0.3) is 0 Å². The summed E-state index contributed by atoms with van der Waals surface area (Å²) in [4.78, 5) is 43.5. The maximum Gasteiger partial charge on any atom is 0.246 e. The monoisotopic (exact) mass is 631 g/mol. The number of nitrogens with zero attached hydrogens (tertiary/aromatic N) is 1. The van der Waals surface area contributed by atoms with Gasteiger partial charge in [0.2, 0.25) is 17.7 Å². The normalized spacial score (nSPS) is 28.4. The predicted octanol–water partition coefficient (Wildman–Crippen LogP) is 2.97. The van der Waals surface area contributed by atoms with E-state index >= 15 is 0 Å². The molecule has 0 saturated carbocycles. The summed E-state index contributed by atoms with van der Waals surface area (Å²) in [7, 11) is 0. The Morgan fingerprint density at radius 3 is 1.95 bits per heavy atom. The lowest BCUT2D eigenvalue weighted by Gasteiger charge is -2.37. The fourth-order valence-corrected chi connectivity index (χ4v) is 7.92. The topological polar surface area (TPSA) is 108 Å². The average molecular weight is 633 g/mol.